The molecule has 0 rings (SSSR count). The lowest BCUT2D eigenvalue weighted by atomic mass is 10.3. The molecule has 0 aromatic heterocycles. The third-order valence-electron chi connectivity index (χ3n) is 1.87. The van der Waals surface area contributed by atoms with Gasteiger partial charge in [0.1, 0.15) is 0 Å². The van der Waals surface area contributed by atoms with Crippen molar-refractivity contribution in [2.75, 3.05) is 26.7 Å². The van der Waals surface area contributed by atoms with E-state index < -0.39 is 0 Å². The minimum absolute atomic E-state index is 0.0848. The number of carbonyl (C=O) groups is 1. The number of unbranched alkanes of at least 4 members (excludes halogenated alkanes) is 1. The van der Waals surface area contributed by atoms with Gasteiger partial charge in [0, 0.05) is 19.1 Å². The average molecular weight is 201 g/mol. The van der Waals surface area contributed by atoms with E-state index in [1.165, 1.54) is 0 Å². The predicted octanol–water partition coefficient (Wildman–Crippen LogP) is 0.182. The minimum Gasteiger partial charge on any atom is -0.355 e. The van der Waals surface area contributed by atoms with Crippen molar-refractivity contribution in [1.82, 2.24) is 10.2 Å². The molecule has 14 heavy (non-hydrogen) atoms. The Kier molecular flexibility index (Phi) is 7.42. The van der Waals surface area contributed by atoms with Crippen LogP contribution < -0.4 is 11.1 Å². The summed E-state index contributed by atoms with van der Waals surface area (Å²) >= 11 is 0. The fourth-order valence-electron chi connectivity index (χ4n) is 1.26. The lowest BCUT2D eigenvalue weighted by molar-refractivity contribution is -0.121. The van der Waals surface area contributed by atoms with Gasteiger partial charge in [0.25, 0.3) is 0 Å². The van der Waals surface area contributed by atoms with Crippen LogP contribution >= 0.6 is 0 Å². The number of nitrogens with two attached hydrogens (primary N) is 1. The van der Waals surface area contributed by atoms with Crippen LogP contribution in [0.1, 0.15) is 26.7 Å². The van der Waals surface area contributed by atoms with E-state index in [0.29, 0.717) is 6.54 Å². The molecule has 0 aliphatic carbocycles. The van der Waals surface area contributed by atoms with Crippen LogP contribution in [-0.2, 0) is 4.79 Å². The molecule has 0 saturated carbocycles. The molecule has 1 amide bonds. The van der Waals surface area contributed by atoms with Gasteiger partial charge < -0.3 is 11.1 Å². The van der Waals surface area contributed by atoms with E-state index in [1.807, 2.05) is 18.9 Å². The number of amides is 1. The van der Waals surface area contributed by atoms with Crippen LogP contribution in [0.5, 0.6) is 0 Å². The third kappa shape index (κ3) is 8.01. The molecule has 0 radical (unpaired) electrons. The van der Waals surface area contributed by atoms with Crippen LogP contribution in [-0.4, -0.2) is 43.5 Å². The third-order valence-corrected chi connectivity index (χ3v) is 1.87. The zero-order valence-corrected chi connectivity index (χ0v) is 9.55. The van der Waals surface area contributed by atoms with Crippen molar-refractivity contribution in [2.45, 2.75) is 32.7 Å². The summed E-state index contributed by atoms with van der Waals surface area (Å²) in [6.45, 7) is 6.01. The highest BCUT2D eigenvalue weighted by Gasteiger charge is 2.06. The summed E-state index contributed by atoms with van der Waals surface area (Å²) < 4.78 is 0. The van der Waals surface area contributed by atoms with Crippen LogP contribution in [0.15, 0.2) is 0 Å². The van der Waals surface area contributed by atoms with E-state index in [-0.39, 0.29) is 11.9 Å². The fourth-order valence-corrected chi connectivity index (χ4v) is 1.26. The molecule has 0 aromatic carbocycles. The van der Waals surface area contributed by atoms with Crippen molar-refractivity contribution in [2.24, 2.45) is 5.73 Å². The first-order valence-corrected chi connectivity index (χ1v) is 5.27. The Labute approximate surface area is 86.8 Å². The van der Waals surface area contributed by atoms with Crippen molar-refractivity contribution in [3.05, 3.63) is 0 Å². The Bertz CT molecular complexity index is 159. The summed E-state index contributed by atoms with van der Waals surface area (Å²) in [6, 6.07) is 0.114. The Hall–Kier alpha value is -0.610. The number of nitrogens with zero attached hydrogens (tertiary/aromatic N) is 1. The number of rotatable bonds is 7. The van der Waals surface area contributed by atoms with E-state index in [0.717, 1.165) is 25.9 Å². The van der Waals surface area contributed by atoms with E-state index >= 15 is 0 Å². The maximum absolute atomic E-state index is 11.3. The largest absolute Gasteiger partial charge is 0.355 e. The van der Waals surface area contributed by atoms with Gasteiger partial charge >= 0.3 is 0 Å². The molecule has 4 nitrogen and oxygen atoms in total. The van der Waals surface area contributed by atoms with Crippen LogP contribution in [0.25, 0.3) is 0 Å². The van der Waals surface area contributed by atoms with Crippen molar-refractivity contribution in [3.8, 4) is 0 Å². The molecule has 0 aliphatic rings. The molecule has 0 saturated heterocycles. The van der Waals surface area contributed by atoms with Gasteiger partial charge in [0.05, 0.1) is 6.54 Å². The molecule has 0 aromatic rings. The quantitative estimate of drug-likeness (QED) is 0.578. The molecule has 1 atom stereocenters. The molecule has 3 N–H and O–H groups in total. The fraction of sp³-hybridized carbons (Fsp3) is 0.900. The maximum Gasteiger partial charge on any atom is 0.234 e. The van der Waals surface area contributed by atoms with Gasteiger partial charge in [0.15, 0.2) is 0 Å². The summed E-state index contributed by atoms with van der Waals surface area (Å²) in [5.74, 6) is 0.0848. The Morgan fingerprint density at radius 1 is 1.57 bits per heavy atom. The molecular formula is C10H23N3O. The van der Waals surface area contributed by atoms with Gasteiger partial charge in [-0.2, -0.15) is 0 Å². The SMILES string of the molecule is CCCCNC(=O)CN(C)CC(C)N. The van der Waals surface area contributed by atoms with Crippen molar-refractivity contribution in [3.63, 3.8) is 0 Å². The van der Waals surface area contributed by atoms with E-state index in [2.05, 4.69) is 12.2 Å². The lowest BCUT2D eigenvalue weighted by Gasteiger charge is -2.18. The number of hydrogen-bond donors (Lipinski definition) is 2. The standard InChI is InChI=1S/C10H23N3O/c1-4-5-6-12-10(14)8-13(3)7-9(2)11/h9H,4-8,11H2,1-3H3,(H,12,14). The first-order chi connectivity index (χ1) is 6.56. The van der Waals surface area contributed by atoms with Crippen LogP contribution in [0.4, 0.5) is 0 Å². The van der Waals surface area contributed by atoms with Gasteiger partial charge in [-0.25, -0.2) is 0 Å². The van der Waals surface area contributed by atoms with E-state index in [4.69, 9.17) is 5.73 Å². The van der Waals surface area contributed by atoms with Gasteiger partial charge in [0.2, 0.25) is 5.91 Å². The van der Waals surface area contributed by atoms with Gasteiger partial charge in [-0.1, -0.05) is 13.3 Å². The predicted molar refractivity (Wildman–Crippen MR) is 59.1 cm³/mol. The van der Waals surface area contributed by atoms with Gasteiger partial charge in [-0.3, -0.25) is 9.69 Å². The smallest absolute Gasteiger partial charge is 0.234 e. The van der Waals surface area contributed by atoms with Crippen molar-refractivity contribution >= 4 is 5.91 Å². The number of likely N-dealkylation sites (N-methyl/N-ethyl adjacent to an activating group) is 1. The molecule has 84 valence electrons. The molecule has 0 bridgehead atoms. The lowest BCUT2D eigenvalue weighted by Crippen LogP contribution is -2.40. The van der Waals surface area contributed by atoms with Crippen LogP contribution in [0, 0.1) is 0 Å². The number of hydrogen-bond acceptors (Lipinski definition) is 3. The highest BCUT2D eigenvalue weighted by molar-refractivity contribution is 5.77. The van der Waals surface area contributed by atoms with E-state index in [9.17, 15) is 4.79 Å². The minimum atomic E-state index is 0.0848. The normalized spacial score (nSPS) is 12.9. The highest BCUT2D eigenvalue weighted by atomic mass is 16.2. The van der Waals surface area contributed by atoms with Crippen molar-refractivity contribution < 1.29 is 4.79 Å². The zero-order chi connectivity index (χ0) is 11.0. The summed E-state index contributed by atoms with van der Waals surface area (Å²) in [6.07, 6.45) is 2.15. The molecule has 1 unspecified atom stereocenters. The van der Waals surface area contributed by atoms with Crippen molar-refractivity contribution in [1.29, 1.82) is 0 Å². The van der Waals surface area contributed by atoms with Crippen LogP contribution in [0.3, 0.4) is 0 Å². The van der Waals surface area contributed by atoms with Gasteiger partial charge in [-0.05, 0) is 20.4 Å². The first-order valence-electron chi connectivity index (χ1n) is 5.27. The molecular weight excluding hydrogens is 178 g/mol. The number of carbonyl (C=O) groups excluding carboxylic acids is 1. The van der Waals surface area contributed by atoms with Gasteiger partial charge in [-0.15, -0.1) is 0 Å². The Morgan fingerprint density at radius 3 is 2.71 bits per heavy atom. The highest BCUT2D eigenvalue weighted by Crippen LogP contribution is 1.86. The maximum atomic E-state index is 11.3. The topological polar surface area (TPSA) is 58.4 Å². The molecule has 0 aliphatic heterocycles. The monoisotopic (exact) mass is 201 g/mol. The summed E-state index contributed by atoms with van der Waals surface area (Å²) in [7, 11) is 1.91. The molecule has 0 fully saturated rings. The summed E-state index contributed by atoms with van der Waals surface area (Å²) in [5, 5.41) is 2.87. The second-order valence-electron chi connectivity index (χ2n) is 3.88. The first kappa shape index (κ1) is 13.4. The Balaban J connectivity index is 3.50. The molecule has 0 spiro atoms. The molecule has 0 heterocycles. The van der Waals surface area contributed by atoms with Crippen LogP contribution in [0.2, 0.25) is 0 Å². The second-order valence-corrected chi connectivity index (χ2v) is 3.88. The van der Waals surface area contributed by atoms with E-state index in [1.54, 1.807) is 0 Å². The Morgan fingerprint density at radius 2 is 2.21 bits per heavy atom. The zero-order valence-electron chi connectivity index (χ0n) is 9.55. The number of nitrogens with one attached hydrogen (secondary N) is 1. The molecule has 4 heteroatoms. The second kappa shape index (κ2) is 7.76. The summed E-state index contributed by atoms with van der Waals surface area (Å²) in [4.78, 5) is 13.3. The average Bonchev–Trinajstić information content (AvgIpc) is 2.02. The summed E-state index contributed by atoms with van der Waals surface area (Å²) in [5.41, 5.74) is 5.62.